The summed E-state index contributed by atoms with van der Waals surface area (Å²) in [5.74, 6) is -0.101. The van der Waals surface area contributed by atoms with E-state index in [1.807, 2.05) is 30.3 Å². The van der Waals surface area contributed by atoms with Crippen molar-refractivity contribution in [3.8, 4) is 11.5 Å². The SMILES string of the molecule is CCOC(=O)C1CCN(C(=O)COC(=O)c2cccc(Oc3ccccc3)c2)CC1. The molecule has 7 heteroatoms. The van der Waals surface area contributed by atoms with Crippen molar-refractivity contribution in [3.63, 3.8) is 0 Å². The molecule has 1 saturated heterocycles. The number of benzene rings is 2. The van der Waals surface area contributed by atoms with Crippen molar-refractivity contribution in [3.05, 3.63) is 60.2 Å². The summed E-state index contributed by atoms with van der Waals surface area (Å²) < 4.78 is 15.9. The third kappa shape index (κ3) is 5.83. The van der Waals surface area contributed by atoms with Gasteiger partial charge in [-0.05, 0) is 50.1 Å². The fourth-order valence-electron chi connectivity index (χ4n) is 3.24. The molecule has 30 heavy (non-hydrogen) atoms. The molecule has 7 nitrogen and oxygen atoms in total. The molecule has 1 fully saturated rings. The van der Waals surface area contributed by atoms with Crippen molar-refractivity contribution >= 4 is 17.8 Å². The Morgan fingerprint density at radius 2 is 1.63 bits per heavy atom. The quantitative estimate of drug-likeness (QED) is 0.649. The predicted octanol–water partition coefficient (Wildman–Crippen LogP) is 3.44. The van der Waals surface area contributed by atoms with E-state index in [0.29, 0.717) is 49.6 Å². The number of amides is 1. The molecule has 0 unspecified atom stereocenters. The van der Waals surface area contributed by atoms with Crippen molar-refractivity contribution in [2.75, 3.05) is 26.3 Å². The summed E-state index contributed by atoms with van der Waals surface area (Å²) in [4.78, 5) is 38.1. The number of carbonyl (C=O) groups excluding carboxylic acids is 3. The van der Waals surface area contributed by atoms with Gasteiger partial charge < -0.3 is 19.1 Å². The Hall–Kier alpha value is -3.35. The van der Waals surface area contributed by atoms with Crippen molar-refractivity contribution in [1.82, 2.24) is 4.90 Å². The van der Waals surface area contributed by atoms with Crippen LogP contribution in [0.4, 0.5) is 0 Å². The molecule has 0 radical (unpaired) electrons. The average molecular weight is 411 g/mol. The van der Waals surface area contributed by atoms with E-state index in [4.69, 9.17) is 14.2 Å². The van der Waals surface area contributed by atoms with Gasteiger partial charge >= 0.3 is 11.9 Å². The van der Waals surface area contributed by atoms with Crippen LogP contribution >= 0.6 is 0 Å². The molecule has 1 aliphatic heterocycles. The lowest BCUT2D eigenvalue weighted by molar-refractivity contribution is -0.151. The Balaban J connectivity index is 1.48. The first-order chi connectivity index (χ1) is 14.6. The number of hydrogen-bond acceptors (Lipinski definition) is 6. The van der Waals surface area contributed by atoms with Gasteiger partial charge in [0.05, 0.1) is 18.1 Å². The molecule has 2 aromatic rings. The molecule has 1 amide bonds. The van der Waals surface area contributed by atoms with Crippen molar-refractivity contribution in [2.24, 2.45) is 5.92 Å². The standard InChI is InChI=1S/C23H25NO6/c1-2-28-22(26)17-11-13-24(14-12-17)21(25)16-29-23(27)18-7-6-10-20(15-18)30-19-8-4-3-5-9-19/h3-10,15,17H,2,11-14,16H2,1H3. The van der Waals surface area contributed by atoms with E-state index in [2.05, 4.69) is 0 Å². The fraction of sp³-hybridized carbons (Fsp3) is 0.348. The molecule has 3 rings (SSSR count). The van der Waals surface area contributed by atoms with Gasteiger partial charge in [0, 0.05) is 13.1 Å². The van der Waals surface area contributed by atoms with E-state index >= 15 is 0 Å². The van der Waals surface area contributed by atoms with Gasteiger partial charge in [-0.1, -0.05) is 24.3 Å². The fourth-order valence-corrected chi connectivity index (χ4v) is 3.24. The highest BCUT2D eigenvalue weighted by molar-refractivity contribution is 5.91. The number of esters is 2. The molecule has 0 atom stereocenters. The normalized spacial score (nSPS) is 14.1. The molecule has 0 bridgehead atoms. The summed E-state index contributed by atoms with van der Waals surface area (Å²) in [6.45, 7) is 2.67. The highest BCUT2D eigenvalue weighted by Crippen LogP contribution is 2.22. The lowest BCUT2D eigenvalue weighted by Crippen LogP contribution is -2.42. The van der Waals surface area contributed by atoms with E-state index in [1.165, 1.54) is 0 Å². The monoisotopic (exact) mass is 411 g/mol. The summed E-state index contributed by atoms with van der Waals surface area (Å²) >= 11 is 0. The second-order valence-electron chi connectivity index (χ2n) is 6.93. The number of piperidine rings is 1. The first kappa shape index (κ1) is 21.4. The van der Waals surface area contributed by atoms with E-state index in [1.54, 1.807) is 36.1 Å². The van der Waals surface area contributed by atoms with Gasteiger partial charge in [-0.25, -0.2) is 4.79 Å². The van der Waals surface area contributed by atoms with Crippen LogP contribution in [0, 0.1) is 5.92 Å². The molecule has 0 N–H and O–H groups in total. The topological polar surface area (TPSA) is 82.1 Å². The maximum absolute atomic E-state index is 12.4. The molecule has 1 heterocycles. The predicted molar refractivity (Wildman–Crippen MR) is 109 cm³/mol. The van der Waals surface area contributed by atoms with Gasteiger partial charge in [-0.2, -0.15) is 0 Å². The highest BCUT2D eigenvalue weighted by Gasteiger charge is 2.28. The minimum Gasteiger partial charge on any atom is -0.466 e. The molecule has 0 aliphatic carbocycles. The Morgan fingerprint density at radius 1 is 0.933 bits per heavy atom. The number of nitrogens with zero attached hydrogens (tertiary/aromatic N) is 1. The Morgan fingerprint density at radius 3 is 2.33 bits per heavy atom. The number of rotatable bonds is 7. The van der Waals surface area contributed by atoms with Crippen LogP contribution in [-0.2, 0) is 19.1 Å². The smallest absolute Gasteiger partial charge is 0.338 e. The zero-order valence-electron chi connectivity index (χ0n) is 16.9. The molecule has 0 spiro atoms. The molecular formula is C23H25NO6. The minimum atomic E-state index is -0.594. The zero-order chi connectivity index (χ0) is 21.3. The van der Waals surface area contributed by atoms with Crippen molar-refractivity contribution in [2.45, 2.75) is 19.8 Å². The van der Waals surface area contributed by atoms with Crippen LogP contribution in [0.25, 0.3) is 0 Å². The Bertz CT molecular complexity index is 874. The molecule has 2 aromatic carbocycles. The van der Waals surface area contributed by atoms with E-state index in [9.17, 15) is 14.4 Å². The molecule has 1 aliphatic rings. The average Bonchev–Trinajstić information content (AvgIpc) is 2.78. The highest BCUT2D eigenvalue weighted by atomic mass is 16.5. The van der Waals surface area contributed by atoms with Crippen LogP contribution < -0.4 is 4.74 Å². The lowest BCUT2D eigenvalue weighted by atomic mass is 9.97. The number of para-hydroxylation sites is 1. The third-order valence-electron chi connectivity index (χ3n) is 4.84. The summed E-state index contributed by atoms with van der Waals surface area (Å²) in [6.07, 6.45) is 1.11. The van der Waals surface area contributed by atoms with E-state index in [-0.39, 0.29) is 24.4 Å². The van der Waals surface area contributed by atoms with Gasteiger partial charge in [0.15, 0.2) is 6.61 Å². The largest absolute Gasteiger partial charge is 0.466 e. The molecule has 158 valence electrons. The van der Waals surface area contributed by atoms with E-state index < -0.39 is 5.97 Å². The van der Waals surface area contributed by atoms with Crippen LogP contribution in [-0.4, -0.2) is 49.0 Å². The molecular weight excluding hydrogens is 386 g/mol. The van der Waals surface area contributed by atoms with Crippen molar-refractivity contribution in [1.29, 1.82) is 0 Å². The minimum absolute atomic E-state index is 0.177. The second kappa shape index (κ2) is 10.4. The first-order valence-corrected chi connectivity index (χ1v) is 10.0. The first-order valence-electron chi connectivity index (χ1n) is 10.0. The molecule has 0 saturated carbocycles. The van der Waals surface area contributed by atoms with Gasteiger partial charge in [-0.15, -0.1) is 0 Å². The Labute approximate surface area is 175 Å². The van der Waals surface area contributed by atoms with Gasteiger partial charge in [-0.3, -0.25) is 9.59 Å². The number of ether oxygens (including phenoxy) is 3. The number of carbonyl (C=O) groups is 3. The van der Waals surface area contributed by atoms with Crippen LogP contribution in [0.5, 0.6) is 11.5 Å². The Kier molecular flexibility index (Phi) is 7.43. The van der Waals surface area contributed by atoms with Gasteiger partial charge in [0.25, 0.3) is 5.91 Å². The summed E-state index contributed by atoms with van der Waals surface area (Å²) in [5.41, 5.74) is 0.303. The van der Waals surface area contributed by atoms with E-state index in [0.717, 1.165) is 0 Å². The maximum atomic E-state index is 12.4. The summed E-state index contributed by atoms with van der Waals surface area (Å²) in [6, 6.07) is 15.8. The molecule has 0 aromatic heterocycles. The number of likely N-dealkylation sites (tertiary alicyclic amines) is 1. The summed E-state index contributed by atoms with van der Waals surface area (Å²) in [7, 11) is 0. The van der Waals surface area contributed by atoms with Gasteiger partial charge in [0.2, 0.25) is 0 Å². The maximum Gasteiger partial charge on any atom is 0.338 e. The van der Waals surface area contributed by atoms with Crippen LogP contribution in [0.3, 0.4) is 0 Å². The third-order valence-corrected chi connectivity index (χ3v) is 4.84. The van der Waals surface area contributed by atoms with Crippen LogP contribution in [0.1, 0.15) is 30.1 Å². The number of hydrogen-bond donors (Lipinski definition) is 0. The van der Waals surface area contributed by atoms with Crippen LogP contribution in [0.15, 0.2) is 54.6 Å². The van der Waals surface area contributed by atoms with Gasteiger partial charge in [0.1, 0.15) is 11.5 Å². The lowest BCUT2D eigenvalue weighted by Gasteiger charge is -2.30. The second-order valence-corrected chi connectivity index (χ2v) is 6.93. The summed E-state index contributed by atoms with van der Waals surface area (Å²) in [5, 5.41) is 0. The van der Waals surface area contributed by atoms with Crippen molar-refractivity contribution < 1.29 is 28.6 Å². The van der Waals surface area contributed by atoms with Crippen LogP contribution in [0.2, 0.25) is 0 Å². The zero-order valence-corrected chi connectivity index (χ0v) is 16.9.